The van der Waals surface area contributed by atoms with E-state index in [0.29, 0.717) is 13.1 Å². The lowest BCUT2D eigenvalue weighted by Crippen LogP contribution is -2.40. The highest BCUT2D eigenvalue weighted by Crippen LogP contribution is 2.24. The molecule has 1 aliphatic rings. The van der Waals surface area contributed by atoms with Crippen LogP contribution in [-0.2, 0) is 29.0 Å². The summed E-state index contributed by atoms with van der Waals surface area (Å²) in [6.45, 7) is 3.56. The summed E-state index contributed by atoms with van der Waals surface area (Å²) in [4.78, 5) is 27.4. The second kappa shape index (κ2) is 8.96. The molecule has 1 aromatic carbocycles. The van der Waals surface area contributed by atoms with E-state index in [4.69, 9.17) is 0 Å². The molecule has 2 aromatic rings. The molecule has 0 saturated carbocycles. The van der Waals surface area contributed by atoms with E-state index in [1.807, 2.05) is 35.4 Å². The van der Waals surface area contributed by atoms with Gasteiger partial charge in [0, 0.05) is 10.6 Å². The monoisotopic (exact) mass is 371 g/mol. The number of amides is 2. The van der Waals surface area contributed by atoms with E-state index in [1.54, 1.807) is 11.3 Å². The summed E-state index contributed by atoms with van der Waals surface area (Å²) < 4.78 is 0. The standard InChI is InChI=1S/C20H25N3O2S/c1-2-23(13-19(24)21-12-18-7-4-10-26-18)14-20(25)22-17-9-8-15-5-3-6-16(15)11-17/h4,7-11H,2-3,5-6,12-14H2,1H3,(H,21,24)(H,22,25). The van der Waals surface area contributed by atoms with Gasteiger partial charge in [0.1, 0.15) is 0 Å². The lowest BCUT2D eigenvalue weighted by molar-refractivity contribution is -0.123. The normalized spacial score (nSPS) is 12.8. The van der Waals surface area contributed by atoms with E-state index >= 15 is 0 Å². The maximum absolute atomic E-state index is 12.3. The zero-order valence-electron chi connectivity index (χ0n) is 15.1. The predicted octanol–water partition coefficient (Wildman–Crippen LogP) is 2.81. The maximum Gasteiger partial charge on any atom is 0.238 e. The SMILES string of the molecule is CCN(CC(=O)NCc1cccs1)CC(=O)Nc1ccc2c(c1)CCC2. The summed E-state index contributed by atoms with van der Waals surface area (Å²) in [7, 11) is 0. The summed E-state index contributed by atoms with van der Waals surface area (Å²) in [6.07, 6.45) is 3.41. The molecule has 26 heavy (non-hydrogen) atoms. The number of hydrogen-bond acceptors (Lipinski definition) is 4. The maximum atomic E-state index is 12.3. The fourth-order valence-corrected chi connectivity index (χ4v) is 3.84. The summed E-state index contributed by atoms with van der Waals surface area (Å²) in [5.41, 5.74) is 3.57. The highest BCUT2D eigenvalue weighted by atomic mass is 32.1. The second-order valence-corrected chi connectivity index (χ2v) is 7.58. The quantitative estimate of drug-likeness (QED) is 0.750. The zero-order valence-corrected chi connectivity index (χ0v) is 15.9. The first-order chi connectivity index (χ1) is 12.6. The Morgan fingerprint density at radius 2 is 1.92 bits per heavy atom. The molecule has 5 nitrogen and oxygen atoms in total. The molecule has 6 heteroatoms. The van der Waals surface area contributed by atoms with Gasteiger partial charge in [-0.05, 0) is 60.5 Å². The average molecular weight is 372 g/mol. The van der Waals surface area contributed by atoms with Crippen molar-refractivity contribution in [3.05, 3.63) is 51.7 Å². The van der Waals surface area contributed by atoms with Crippen molar-refractivity contribution in [1.29, 1.82) is 0 Å². The molecule has 0 aliphatic heterocycles. The molecule has 0 spiro atoms. The van der Waals surface area contributed by atoms with Gasteiger partial charge in [-0.3, -0.25) is 14.5 Å². The molecule has 0 atom stereocenters. The first-order valence-electron chi connectivity index (χ1n) is 9.07. The number of anilines is 1. The van der Waals surface area contributed by atoms with Gasteiger partial charge in [-0.1, -0.05) is 19.1 Å². The molecule has 138 valence electrons. The van der Waals surface area contributed by atoms with Gasteiger partial charge in [0.25, 0.3) is 0 Å². The topological polar surface area (TPSA) is 61.4 Å². The fraction of sp³-hybridized carbons (Fsp3) is 0.400. The van der Waals surface area contributed by atoms with Crippen LogP contribution in [0.5, 0.6) is 0 Å². The fourth-order valence-electron chi connectivity index (χ4n) is 3.19. The Balaban J connectivity index is 1.46. The van der Waals surface area contributed by atoms with Gasteiger partial charge in [-0.25, -0.2) is 0 Å². The van der Waals surface area contributed by atoms with Gasteiger partial charge in [0.2, 0.25) is 11.8 Å². The third-order valence-electron chi connectivity index (χ3n) is 4.60. The Bertz CT molecular complexity index is 758. The van der Waals surface area contributed by atoms with E-state index in [-0.39, 0.29) is 24.9 Å². The van der Waals surface area contributed by atoms with E-state index in [9.17, 15) is 9.59 Å². The molecular formula is C20H25N3O2S. The molecule has 3 rings (SSSR count). The smallest absolute Gasteiger partial charge is 0.238 e. The van der Waals surface area contributed by atoms with Crippen molar-refractivity contribution in [2.24, 2.45) is 0 Å². The number of fused-ring (bicyclic) bond motifs is 1. The van der Waals surface area contributed by atoms with Crippen LogP contribution in [0.2, 0.25) is 0 Å². The molecule has 0 bridgehead atoms. The summed E-state index contributed by atoms with van der Waals surface area (Å²) in [5.74, 6) is -0.151. The van der Waals surface area contributed by atoms with Crippen molar-refractivity contribution < 1.29 is 9.59 Å². The third-order valence-corrected chi connectivity index (χ3v) is 5.48. The van der Waals surface area contributed by atoms with Crippen LogP contribution in [0.15, 0.2) is 35.7 Å². The van der Waals surface area contributed by atoms with Crippen LogP contribution in [0.1, 0.15) is 29.3 Å². The van der Waals surface area contributed by atoms with E-state index in [0.717, 1.165) is 23.4 Å². The first-order valence-corrected chi connectivity index (χ1v) is 9.95. The van der Waals surface area contributed by atoms with Crippen molar-refractivity contribution >= 4 is 28.8 Å². The minimum Gasteiger partial charge on any atom is -0.350 e. The van der Waals surface area contributed by atoms with E-state index in [1.165, 1.54) is 17.5 Å². The Kier molecular flexibility index (Phi) is 6.41. The van der Waals surface area contributed by atoms with E-state index in [2.05, 4.69) is 22.8 Å². The number of likely N-dealkylation sites (N-methyl/N-ethyl adjacent to an activating group) is 1. The summed E-state index contributed by atoms with van der Waals surface area (Å²) in [5, 5.41) is 7.84. The number of benzene rings is 1. The van der Waals surface area contributed by atoms with Gasteiger partial charge in [0.15, 0.2) is 0 Å². The van der Waals surface area contributed by atoms with Gasteiger partial charge in [-0.2, -0.15) is 0 Å². The number of rotatable bonds is 8. The van der Waals surface area contributed by atoms with Gasteiger partial charge in [0.05, 0.1) is 19.6 Å². The molecular weight excluding hydrogens is 346 g/mol. The number of nitrogens with zero attached hydrogens (tertiary/aromatic N) is 1. The molecule has 1 aromatic heterocycles. The molecule has 1 aliphatic carbocycles. The van der Waals surface area contributed by atoms with Crippen LogP contribution in [0.4, 0.5) is 5.69 Å². The van der Waals surface area contributed by atoms with Crippen molar-refractivity contribution in [1.82, 2.24) is 10.2 Å². The molecule has 0 unspecified atom stereocenters. The summed E-state index contributed by atoms with van der Waals surface area (Å²) >= 11 is 1.62. The van der Waals surface area contributed by atoms with Gasteiger partial charge < -0.3 is 10.6 Å². The molecule has 0 fully saturated rings. The van der Waals surface area contributed by atoms with Crippen LogP contribution in [-0.4, -0.2) is 36.3 Å². The van der Waals surface area contributed by atoms with Crippen LogP contribution in [0.25, 0.3) is 0 Å². The number of nitrogens with one attached hydrogen (secondary N) is 2. The third kappa shape index (κ3) is 5.16. The van der Waals surface area contributed by atoms with Crippen LogP contribution >= 0.6 is 11.3 Å². The molecule has 1 heterocycles. The van der Waals surface area contributed by atoms with Gasteiger partial charge >= 0.3 is 0 Å². The minimum absolute atomic E-state index is 0.0643. The first kappa shape index (κ1) is 18.6. The van der Waals surface area contributed by atoms with Crippen molar-refractivity contribution in [3.63, 3.8) is 0 Å². The Hall–Kier alpha value is -2.18. The number of aryl methyl sites for hydroxylation is 2. The largest absolute Gasteiger partial charge is 0.350 e. The number of carbonyl (C=O) groups is 2. The molecule has 0 saturated heterocycles. The highest BCUT2D eigenvalue weighted by Gasteiger charge is 2.15. The summed E-state index contributed by atoms with van der Waals surface area (Å²) in [6, 6.07) is 10.1. The molecule has 2 amide bonds. The van der Waals surface area contributed by atoms with E-state index < -0.39 is 0 Å². The number of thiophene rings is 1. The Labute approximate surface area is 158 Å². The highest BCUT2D eigenvalue weighted by molar-refractivity contribution is 7.09. The Morgan fingerprint density at radius 3 is 2.69 bits per heavy atom. The Morgan fingerprint density at radius 1 is 1.12 bits per heavy atom. The van der Waals surface area contributed by atoms with Crippen molar-refractivity contribution in [3.8, 4) is 0 Å². The lowest BCUT2D eigenvalue weighted by atomic mass is 10.1. The van der Waals surface area contributed by atoms with Crippen LogP contribution in [0, 0.1) is 0 Å². The van der Waals surface area contributed by atoms with Crippen LogP contribution < -0.4 is 10.6 Å². The predicted molar refractivity (Wildman–Crippen MR) is 105 cm³/mol. The average Bonchev–Trinajstić information content (AvgIpc) is 3.30. The zero-order chi connectivity index (χ0) is 18.4. The van der Waals surface area contributed by atoms with Gasteiger partial charge in [-0.15, -0.1) is 11.3 Å². The second-order valence-electron chi connectivity index (χ2n) is 6.54. The van der Waals surface area contributed by atoms with Crippen molar-refractivity contribution in [2.75, 3.05) is 25.0 Å². The lowest BCUT2D eigenvalue weighted by Gasteiger charge is -2.19. The number of carbonyl (C=O) groups excluding carboxylic acids is 2. The number of hydrogen-bond donors (Lipinski definition) is 2. The van der Waals surface area contributed by atoms with Crippen LogP contribution in [0.3, 0.4) is 0 Å². The molecule has 0 radical (unpaired) electrons. The van der Waals surface area contributed by atoms with Crippen molar-refractivity contribution in [2.45, 2.75) is 32.7 Å². The minimum atomic E-state index is -0.0872. The molecule has 2 N–H and O–H groups in total.